The molecular weight excluding hydrogens is 390 g/mol. The van der Waals surface area contributed by atoms with Gasteiger partial charge in [-0.15, -0.1) is 11.3 Å². The topological polar surface area (TPSA) is 65.2 Å². The van der Waals surface area contributed by atoms with Gasteiger partial charge in [-0.3, -0.25) is 4.72 Å². The van der Waals surface area contributed by atoms with Gasteiger partial charge in [0, 0.05) is 35.8 Å². The minimum atomic E-state index is -3.63. The quantitative estimate of drug-likeness (QED) is 0.586. The van der Waals surface area contributed by atoms with Gasteiger partial charge in [0.2, 0.25) is 0 Å². The molecule has 0 spiro atoms. The normalized spacial score (nSPS) is 17.8. The lowest BCUT2D eigenvalue weighted by molar-refractivity contribution is 0.335. The van der Waals surface area contributed by atoms with E-state index in [9.17, 15) is 8.42 Å². The maximum absolute atomic E-state index is 12.9. The molecule has 28 heavy (non-hydrogen) atoms. The summed E-state index contributed by atoms with van der Waals surface area (Å²) in [6.45, 7) is 5.60. The first-order valence-corrected chi connectivity index (χ1v) is 12.0. The van der Waals surface area contributed by atoms with Crippen molar-refractivity contribution in [2.24, 2.45) is 0 Å². The number of H-pyrrole nitrogens is 1. The Kier molecular flexibility index (Phi) is 5.57. The second-order valence-corrected chi connectivity index (χ2v) is 10.0. The number of hydrogen-bond donors (Lipinski definition) is 2. The number of anilines is 1. The molecule has 1 aliphatic rings. The van der Waals surface area contributed by atoms with Gasteiger partial charge in [-0.05, 0) is 67.1 Å². The summed E-state index contributed by atoms with van der Waals surface area (Å²) < 4.78 is 28.9. The zero-order valence-corrected chi connectivity index (χ0v) is 17.5. The van der Waals surface area contributed by atoms with Crippen molar-refractivity contribution < 1.29 is 8.42 Å². The average molecular weight is 416 g/mol. The minimum Gasteiger partial charge on any atom is -0.367 e. The zero-order chi connectivity index (χ0) is 19.6. The molecule has 0 amide bonds. The molecule has 2 aromatic heterocycles. The molecule has 0 unspecified atom stereocenters. The number of likely N-dealkylation sites (tertiary alicyclic amines) is 1. The fourth-order valence-corrected chi connectivity index (χ4v) is 6.31. The summed E-state index contributed by atoms with van der Waals surface area (Å²) in [5.74, 6) is 0.537. The number of thiophene rings is 1. The Hall–Kier alpha value is -2.09. The molecule has 4 rings (SSSR count). The molecular formula is C21H25N3O2S2. The molecule has 2 N–H and O–H groups in total. The van der Waals surface area contributed by atoms with Crippen LogP contribution in [-0.4, -0.2) is 37.9 Å². The number of nitrogens with one attached hydrogen (secondary N) is 2. The van der Waals surface area contributed by atoms with Crippen LogP contribution in [0.5, 0.6) is 0 Å². The van der Waals surface area contributed by atoms with Crippen LogP contribution < -0.4 is 4.72 Å². The van der Waals surface area contributed by atoms with E-state index >= 15 is 0 Å². The molecule has 3 heterocycles. The molecule has 148 valence electrons. The van der Waals surface area contributed by atoms with Crippen LogP contribution in [0.4, 0.5) is 5.69 Å². The highest BCUT2D eigenvalue weighted by atomic mass is 32.2. The number of aromatic amines is 1. The van der Waals surface area contributed by atoms with Gasteiger partial charge in [0.05, 0.1) is 0 Å². The van der Waals surface area contributed by atoms with Crippen molar-refractivity contribution >= 4 is 27.0 Å². The number of hydrogen-bond acceptors (Lipinski definition) is 4. The maximum atomic E-state index is 12.9. The Bertz CT molecular complexity index is 1010. The highest BCUT2D eigenvalue weighted by molar-refractivity contribution is 7.94. The highest BCUT2D eigenvalue weighted by Gasteiger charge is 2.24. The number of benzene rings is 1. The van der Waals surface area contributed by atoms with Gasteiger partial charge in [-0.25, -0.2) is 8.42 Å². The number of nitrogens with zero attached hydrogens (tertiary/aromatic N) is 1. The van der Waals surface area contributed by atoms with Gasteiger partial charge in [0.25, 0.3) is 10.0 Å². The van der Waals surface area contributed by atoms with E-state index in [1.54, 1.807) is 12.4 Å². The SMILES string of the molecule is CCCN1CC[C@@H](c2ccc(NS(=O)(=O)c3sccc3-c3cc[nH]c3)cc2)C1. The smallest absolute Gasteiger partial charge is 0.272 e. The van der Waals surface area contributed by atoms with E-state index in [1.807, 2.05) is 29.6 Å². The monoisotopic (exact) mass is 415 g/mol. The molecule has 3 aromatic rings. The van der Waals surface area contributed by atoms with Crippen molar-refractivity contribution in [1.82, 2.24) is 9.88 Å². The Labute approximate surface area is 170 Å². The predicted molar refractivity (Wildman–Crippen MR) is 115 cm³/mol. The summed E-state index contributed by atoms with van der Waals surface area (Å²) in [5.41, 5.74) is 3.47. The molecule has 1 atom stereocenters. The van der Waals surface area contributed by atoms with Crippen molar-refractivity contribution in [3.8, 4) is 11.1 Å². The van der Waals surface area contributed by atoms with Crippen molar-refractivity contribution in [1.29, 1.82) is 0 Å². The Morgan fingerprint density at radius 1 is 1.21 bits per heavy atom. The second-order valence-electron chi connectivity index (χ2n) is 7.24. The predicted octanol–water partition coefficient (Wildman–Crippen LogP) is 4.74. The molecule has 1 aliphatic heterocycles. The van der Waals surface area contributed by atoms with Crippen molar-refractivity contribution in [3.05, 3.63) is 59.7 Å². The summed E-state index contributed by atoms with van der Waals surface area (Å²) in [7, 11) is -3.63. The first-order valence-electron chi connectivity index (χ1n) is 9.62. The molecule has 1 saturated heterocycles. The lowest BCUT2D eigenvalue weighted by Gasteiger charge is -2.15. The molecule has 0 aliphatic carbocycles. The number of rotatable bonds is 7. The van der Waals surface area contributed by atoms with Crippen LogP contribution in [-0.2, 0) is 10.0 Å². The standard InChI is InChI=1S/C21H25N3O2S2/c1-2-11-24-12-8-18(15-24)16-3-5-19(6-4-16)23-28(25,26)21-20(9-13-27-21)17-7-10-22-14-17/h3-7,9-10,13-14,18,22-23H,2,8,11-12,15H2,1H3/t18-/m1/s1. The van der Waals surface area contributed by atoms with Crippen LogP contribution in [0.25, 0.3) is 11.1 Å². The fourth-order valence-electron chi connectivity index (χ4n) is 3.86. The summed E-state index contributed by atoms with van der Waals surface area (Å²) in [6.07, 6.45) is 5.95. The van der Waals surface area contributed by atoms with Gasteiger partial charge in [0.15, 0.2) is 0 Å². The molecule has 5 nitrogen and oxygen atoms in total. The molecule has 0 radical (unpaired) electrons. The molecule has 0 bridgehead atoms. The van der Waals surface area contributed by atoms with Gasteiger partial charge in [-0.2, -0.15) is 0 Å². The molecule has 0 saturated carbocycles. The average Bonchev–Trinajstić information content (AvgIpc) is 3.43. The Balaban J connectivity index is 1.48. The Morgan fingerprint density at radius 2 is 2.04 bits per heavy atom. The van der Waals surface area contributed by atoms with Gasteiger partial charge < -0.3 is 9.88 Å². The first-order chi connectivity index (χ1) is 13.6. The van der Waals surface area contributed by atoms with E-state index in [4.69, 9.17) is 0 Å². The minimum absolute atomic E-state index is 0.335. The van der Waals surface area contributed by atoms with E-state index in [-0.39, 0.29) is 0 Å². The van der Waals surface area contributed by atoms with Crippen LogP contribution in [0.15, 0.2) is 58.4 Å². The summed E-state index contributed by atoms with van der Waals surface area (Å²) >= 11 is 1.23. The van der Waals surface area contributed by atoms with Crippen molar-refractivity contribution in [2.75, 3.05) is 24.4 Å². The van der Waals surface area contributed by atoms with E-state index in [0.29, 0.717) is 15.8 Å². The third-order valence-corrected chi connectivity index (χ3v) is 8.09. The lowest BCUT2D eigenvalue weighted by Crippen LogP contribution is -2.20. The van der Waals surface area contributed by atoms with E-state index in [2.05, 4.69) is 33.7 Å². The first kappa shape index (κ1) is 19.2. The maximum Gasteiger partial charge on any atom is 0.272 e. The number of aromatic nitrogens is 1. The summed E-state index contributed by atoms with van der Waals surface area (Å²) in [6, 6.07) is 11.6. The highest BCUT2D eigenvalue weighted by Crippen LogP contribution is 2.33. The largest absolute Gasteiger partial charge is 0.367 e. The molecule has 1 fully saturated rings. The van der Waals surface area contributed by atoms with Crippen LogP contribution in [0, 0.1) is 0 Å². The van der Waals surface area contributed by atoms with Crippen LogP contribution in [0.1, 0.15) is 31.2 Å². The van der Waals surface area contributed by atoms with Gasteiger partial charge in [0.1, 0.15) is 4.21 Å². The fraction of sp³-hybridized carbons (Fsp3) is 0.333. The second kappa shape index (κ2) is 8.11. The third kappa shape index (κ3) is 4.01. The number of sulfonamides is 1. The zero-order valence-electron chi connectivity index (χ0n) is 15.9. The van der Waals surface area contributed by atoms with Crippen LogP contribution in [0.3, 0.4) is 0 Å². The molecule has 7 heteroatoms. The lowest BCUT2D eigenvalue weighted by atomic mass is 9.98. The van der Waals surface area contributed by atoms with E-state index in [0.717, 1.165) is 30.8 Å². The van der Waals surface area contributed by atoms with Crippen molar-refractivity contribution in [3.63, 3.8) is 0 Å². The van der Waals surface area contributed by atoms with Gasteiger partial charge in [-0.1, -0.05) is 19.1 Å². The van der Waals surface area contributed by atoms with E-state index in [1.165, 1.54) is 29.7 Å². The third-order valence-electron chi connectivity index (χ3n) is 5.23. The summed E-state index contributed by atoms with van der Waals surface area (Å²) in [5, 5.41) is 1.81. The van der Waals surface area contributed by atoms with E-state index < -0.39 is 10.0 Å². The Morgan fingerprint density at radius 3 is 2.75 bits per heavy atom. The van der Waals surface area contributed by atoms with Crippen molar-refractivity contribution in [2.45, 2.75) is 29.9 Å². The molecule has 1 aromatic carbocycles. The van der Waals surface area contributed by atoms with Crippen LogP contribution >= 0.6 is 11.3 Å². The van der Waals surface area contributed by atoms with Gasteiger partial charge >= 0.3 is 0 Å². The van der Waals surface area contributed by atoms with Crippen LogP contribution in [0.2, 0.25) is 0 Å². The summed E-state index contributed by atoms with van der Waals surface area (Å²) in [4.78, 5) is 5.48.